The molecule has 30 heavy (non-hydrogen) atoms. The lowest BCUT2D eigenvalue weighted by Crippen LogP contribution is -2.13. The monoisotopic (exact) mass is 396 g/mol. The summed E-state index contributed by atoms with van der Waals surface area (Å²) in [5, 5.41) is 2.28. The number of allylic oxidation sites excluding steroid dienone is 2. The molecular weight excluding hydrogens is 376 g/mol. The topological polar surface area (TPSA) is 68.3 Å². The predicted octanol–water partition coefficient (Wildman–Crippen LogP) is 4.89. The third-order valence-corrected chi connectivity index (χ3v) is 4.26. The van der Waals surface area contributed by atoms with Crippen molar-refractivity contribution in [3.63, 3.8) is 0 Å². The Morgan fingerprint density at radius 3 is 2.43 bits per heavy atom. The van der Waals surface area contributed by atoms with E-state index in [2.05, 4.69) is 44.0 Å². The minimum atomic E-state index is 0.880. The van der Waals surface area contributed by atoms with E-state index in [9.17, 15) is 0 Å². The van der Waals surface area contributed by atoms with E-state index in [4.69, 9.17) is 4.84 Å². The Morgan fingerprint density at radius 2 is 1.63 bits per heavy atom. The Hall–Kier alpha value is -4.32. The highest BCUT2D eigenvalue weighted by Gasteiger charge is 2.01. The highest BCUT2D eigenvalue weighted by molar-refractivity contribution is 6.03. The molecule has 0 saturated carbocycles. The Morgan fingerprint density at radius 1 is 0.733 bits per heavy atom. The fourth-order valence-corrected chi connectivity index (χ4v) is 2.89. The van der Waals surface area contributed by atoms with Crippen molar-refractivity contribution >= 4 is 27.9 Å². The van der Waals surface area contributed by atoms with Crippen LogP contribution in [0, 0.1) is 0 Å². The lowest BCUT2D eigenvalue weighted by atomic mass is 10.1. The molecule has 0 amide bonds. The van der Waals surface area contributed by atoms with E-state index < -0.39 is 0 Å². The molecule has 0 unspecified atom stereocenters. The molecule has 0 bridgehead atoms. The summed E-state index contributed by atoms with van der Waals surface area (Å²) in [6.07, 6.45) is 14.3. The van der Waals surface area contributed by atoms with Gasteiger partial charge in [0.1, 0.15) is 6.26 Å². The molecule has 2 N–H and O–H groups in total. The second-order valence-corrected chi connectivity index (χ2v) is 6.23. The Labute approximate surface area is 174 Å². The molecule has 0 radical (unpaired) electrons. The number of para-hydroxylation sites is 1. The summed E-state index contributed by atoms with van der Waals surface area (Å²) in [7, 11) is 0. The van der Waals surface area contributed by atoms with Crippen LogP contribution in [0.25, 0.3) is 27.9 Å². The number of fused-ring (bicyclic) bond motifs is 4. The normalized spacial score (nSPS) is 12.7. The second-order valence-electron chi connectivity index (χ2n) is 6.23. The Bertz CT molecular complexity index is 1150. The summed E-state index contributed by atoms with van der Waals surface area (Å²) in [5.74, 6) is 0.880. The molecule has 148 valence electrons. The van der Waals surface area contributed by atoms with Gasteiger partial charge in [-0.1, -0.05) is 30.3 Å². The minimum absolute atomic E-state index is 0.880. The van der Waals surface area contributed by atoms with Gasteiger partial charge < -0.3 is 9.68 Å². The van der Waals surface area contributed by atoms with Crippen LogP contribution in [0.15, 0.2) is 104 Å². The van der Waals surface area contributed by atoms with E-state index in [1.807, 2.05) is 60.8 Å². The fourth-order valence-electron chi connectivity index (χ4n) is 2.89. The molecule has 0 fully saturated rings. The van der Waals surface area contributed by atoms with Gasteiger partial charge in [-0.25, -0.2) is 11.0 Å². The maximum atomic E-state index is 5.09. The van der Waals surface area contributed by atoms with Gasteiger partial charge in [-0.3, -0.25) is 9.97 Å². The standard InChI is InChI=1S/C12H8N2.C8H7NO.C4H5NO/c1-3-9-5-6-11-10(4-2-7-13-11)12(9)14-8-1;1-2-4-8-7(3-1)5-6-9-10-8;1-2-4-6-5-3-1/h1-8H;1-6,9H;1-5H. The summed E-state index contributed by atoms with van der Waals surface area (Å²) in [6.45, 7) is 0. The van der Waals surface area contributed by atoms with Crippen LogP contribution in [0.3, 0.4) is 0 Å². The molecule has 0 aliphatic carbocycles. The number of hydroxylamine groups is 2. The predicted molar refractivity (Wildman–Crippen MR) is 119 cm³/mol. The third-order valence-electron chi connectivity index (χ3n) is 4.26. The summed E-state index contributed by atoms with van der Waals surface area (Å²) in [4.78, 5) is 18.3. The SMILES string of the molecule is C1=CNOC=C1.C1=Cc2ccccc2ON1.c1cnc2c(c1)ccc1ncccc12. The van der Waals surface area contributed by atoms with E-state index in [1.54, 1.807) is 30.9 Å². The molecule has 2 aliphatic heterocycles. The van der Waals surface area contributed by atoms with Crippen molar-refractivity contribution in [2.45, 2.75) is 0 Å². The molecule has 0 spiro atoms. The number of hydrogen-bond acceptors (Lipinski definition) is 6. The van der Waals surface area contributed by atoms with Gasteiger partial charge in [-0.2, -0.15) is 0 Å². The van der Waals surface area contributed by atoms with E-state index in [0.717, 1.165) is 33.1 Å². The second kappa shape index (κ2) is 9.75. The summed E-state index contributed by atoms with van der Waals surface area (Å²) >= 11 is 0. The molecule has 6 nitrogen and oxygen atoms in total. The summed E-state index contributed by atoms with van der Waals surface area (Å²) in [5.41, 5.74) is 8.31. The molecule has 0 atom stereocenters. The summed E-state index contributed by atoms with van der Waals surface area (Å²) in [6, 6.07) is 19.9. The number of nitrogens with zero attached hydrogens (tertiary/aromatic N) is 2. The van der Waals surface area contributed by atoms with Crippen LogP contribution in [0.1, 0.15) is 5.56 Å². The smallest absolute Gasteiger partial charge is 0.162 e. The molecule has 6 rings (SSSR count). The number of aromatic nitrogens is 2. The van der Waals surface area contributed by atoms with Crippen LogP contribution >= 0.6 is 0 Å². The average molecular weight is 396 g/mol. The van der Waals surface area contributed by atoms with Gasteiger partial charge in [0.15, 0.2) is 5.75 Å². The fraction of sp³-hybridized carbons (Fsp3) is 0. The van der Waals surface area contributed by atoms with E-state index in [1.165, 1.54) is 0 Å². The maximum absolute atomic E-state index is 5.09. The number of nitrogens with one attached hydrogen (secondary N) is 2. The first-order valence-corrected chi connectivity index (χ1v) is 9.41. The molecule has 6 heteroatoms. The molecular formula is C24H20N4O2. The lowest BCUT2D eigenvalue weighted by molar-refractivity contribution is 0.172. The zero-order chi connectivity index (χ0) is 20.4. The number of benzene rings is 2. The van der Waals surface area contributed by atoms with E-state index >= 15 is 0 Å². The summed E-state index contributed by atoms with van der Waals surface area (Å²) < 4.78 is 0. The van der Waals surface area contributed by atoms with Crippen molar-refractivity contribution in [3.8, 4) is 5.75 Å². The number of pyridine rings is 2. The van der Waals surface area contributed by atoms with Gasteiger partial charge in [0.2, 0.25) is 0 Å². The van der Waals surface area contributed by atoms with Gasteiger partial charge in [0.25, 0.3) is 0 Å². The van der Waals surface area contributed by atoms with Crippen molar-refractivity contribution in [2.75, 3.05) is 0 Å². The third kappa shape index (κ3) is 4.74. The van der Waals surface area contributed by atoms with Crippen LogP contribution in [0.5, 0.6) is 5.75 Å². The van der Waals surface area contributed by atoms with E-state index in [-0.39, 0.29) is 0 Å². The molecule has 2 aromatic carbocycles. The van der Waals surface area contributed by atoms with Crippen LogP contribution < -0.4 is 15.8 Å². The number of rotatable bonds is 0. The highest BCUT2D eigenvalue weighted by Crippen LogP contribution is 2.21. The lowest BCUT2D eigenvalue weighted by Gasteiger charge is -2.11. The van der Waals surface area contributed by atoms with Gasteiger partial charge in [-0.15, -0.1) is 0 Å². The largest absolute Gasteiger partial charge is 0.391 e. The van der Waals surface area contributed by atoms with Crippen molar-refractivity contribution in [1.82, 2.24) is 20.9 Å². The van der Waals surface area contributed by atoms with Gasteiger partial charge in [0, 0.05) is 41.1 Å². The van der Waals surface area contributed by atoms with Crippen LogP contribution in [-0.2, 0) is 4.84 Å². The minimum Gasteiger partial charge on any atom is -0.391 e. The van der Waals surface area contributed by atoms with Gasteiger partial charge in [0.05, 0.1) is 11.0 Å². The first kappa shape index (κ1) is 19.0. The molecule has 0 saturated heterocycles. The van der Waals surface area contributed by atoms with Crippen molar-refractivity contribution in [2.24, 2.45) is 0 Å². The Balaban J connectivity index is 0.000000119. The van der Waals surface area contributed by atoms with E-state index in [0.29, 0.717) is 0 Å². The molecule has 2 aromatic heterocycles. The maximum Gasteiger partial charge on any atom is 0.162 e. The van der Waals surface area contributed by atoms with Crippen molar-refractivity contribution in [1.29, 1.82) is 0 Å². The quantitative estimate of drug-likeness (QED) is 0.413. The van der Waals surface area contributed by atoms with Crippen LogP contribution in [0.2, 0.25) is 0 Å². The van der Waals surface area contributed by atoms with Crippen LogP contribution in [-0.4, -0.2) is 9.97 Å². The van der Waals surface area contributed by atoms with Crippen LogP contribution in [0.4, 0.5) is 0 Å². The Kier molecular flexibility index (Phi) is 6.18. The zero-order valence-corrected chi connectivity index (χ0v) is 16.1. The average Bonchev–Trinajstić information content (AvgIpc) is 2.86. The first-order valence-electron chi connectivity index (χ1n) is 9.41. The van der Waals surface area contributed by atoms with Gasteiger partial charge in [-0.05, 0) is 48.6 Å². The van der Waals surface area contributed by atoms with Crippen molar-refractivity contribution in [3.05, 3.63) is 109 Å². The molecule has 2 aliphatic rings. The first-order chi connectivity index (χ1) is 14.9. The van der Waals surface area contributed by atoms with Crippen molar-refractivity contribution < 1.29 is 9.68 Å². The number of hydrogen-bond donors (Lipinski definition) is 2. The molecule has 4 heterocycles. The molecule has 4 aromatic rings. The highest BCUT2D eigenvalue weighted by atomic mass is 16.6. The zero-order valence-electron chi connectivity index (χ0n) is 16.1. The van der Waals surface area contributed by atoms with Gasteiger partial charge >= 0.3 is 0 Å².